The molecule has 0 aromatic heterocycles. The number of hydrogen-bond acceptors (Lipinski definition) is 3. The second-order valence-corrected chi connectivity index (χ2v) is 5.41. The normalized spacial score (nSPS) is 15.6. The maximum absolute atomic E-state index is 12.1. The van der Waals surface area contributed by atoms with Gasteiger partial charge >= 0.3 is 0 Å². The van der Waals surface area contributed by atoms with Crippen molar-refractivity contribution in [2.45, 2.75) is 25.7 Å². The number of carbonyl (C=O) groups is 1. The minimum atomic E-state index is 0.152. The molecule has 1 heterocycles. The van der Waals surface area contributed by atoms with Crippen molar-refractivity contribution < 1.29 is 9.53 Å². The molecule has 0 unspecified atom stereocenters. The van der Waals surface area contributed by atoms with Gasteiger partial charge in [0.1, 0.15) is 5.75 Å². The van der Waals surface area contributed by atoms with Gasteiger partial charge in [-0.3, -0.25) is 4.79 Å². The lowest BCUT2D eigenvalue weighted by Gasteiger charge is -2.20. The lowest BCUT2D eigenvalue weighted by molar-refractivity contribution is -0.129. The summed E-state index contributed by atoms with van der Waals surface area (Å²) in [4.78, 5) is 14.1. The standard InChI is InChI=1S/C15H21ClN2O2/c1-20-14-7-6-12(10-13(14)16)17-11-15(19)18-8-4-2-3-5-9-18/h6-7,10,17H,2-5,8-9,11H2,1H3. The minimum Gasteiger partial charge on any atom is -0.495 e. The monoisotopic (exact) mass is 296 g/mol. The average Bonchev–Trinajstić information content (AvgIpc) is 2.74. The first-order chi connectivity index (χ1) is 9.70. The predicted octanol–water partition coefficient (Wildman–Crippen LogP) is 3.16. The molecule has 1 fully saturated rings. The molecule has 0 bridgehead atoms. The zero-order valence-corrected chi connectivity index (χ0v) is 12.6. The van der Waals surface area contributed by atoms with Crippen LogP contribution in [0.3, 0.4) is 0 Å². The van der Waals surface area contributed by atoms with E-state index < -0.39 is 0 Å². The molecule has 0 atom stereocenters. The summed E-state index contributed by atoms with van der Waals surface area (Å²) in [6.07, 6.45) is 4.68. The Morgan fingerprint density at radius 3 is 2.60 bits per heavy atom. The number of carbonyl (C=O) groups excluding carboxylic acids is 1. The molecule has 1 aromatic carbocycles. The van der Waals surface area contributed by atoms with Crippen molar-refractivity contribution in [3.8, 4) is 5.75 Å². The van der Waals surface area contributed by atoms with Crippen LogP contribution in [0.1, 0.15) is 25.7 Å². The van der Waals surface area contributed by atoms with Crippen molar-refractivity contribution in [3.05, 3.63) is 23.2 Å². The van der Waals surface area contributed by atoms with Crippen LogP contribution in [0.15, 0.2) is 18.2 Å². The van der Waals surface area contributed by atoms with Crippen LogP contribution < -0.4 is 10.1 Å². The SMILES string of the molecule is COc1ccc(NCC(=O)N2CCCCCC2)cc1Cl. The van der Waals surface area contributed by atoms with Crippen molar-refractivity contribution in [1.82, 2.24) is 4.90 Å². The number of nitrogens with one attached hydrogen (secondary N) is 1. The van der Waals surface area contributed by atoms with Gasteiger partial charge in [0.25, 0.3) is 0 Å². The number of halogens is 1. The largest absolute Gasteiger partial charge is 0.495 e. The van der Waals surface area contributed by atoms with Gasteiger partial charge in [0.2, 0.25) is 5.91 Å². The molecule has 1 N–H and O–H groups in total. The molecule has 1 amide bonds. The van der Waals surface area contributed by atoms with E-state index in [1.54, 1.807) is 19.2 Å². The van der Waals surface area contributed by atoms with E-state index in [0.29, 0.717) is 17.3 Å². The summed E-state index contributed by atoms with van der Waals surface area (Å²) in [6, 6.07) is 5.43. The molecular weight excluding hydrogens is 276 g/mol. The highest BCUT2D eigenvalue weighted by Crippen LogP contribution is 2.27. The Bertz CT molecular complexity index is 457. The highest BCUT2D eigenvalue weighted by atomic mass is 35.5. The van der Waals surface area contributed by atoms with Crippen LogP contribution in [-0.4, -0.2) is 37.6 Å². The van der Waals surface area contributed by atoms with Crippen molar-refractivity contribution in [1.29, 1.82) is 0 Å². The molecule has 110 valence electrons. The predicted molar refractivity (Wildman–Crippen MR) is 81.5 cm³/mol. The number of nitrogens with zero attached hydrogens (tertiary/aromatic N) is 1. The minimum absolute atomic E-state index is 0.152. The number of ether oxygens (including phenoxy) is 1. The lowest BCUT2D eigenvalue weighted by Crippen LogP contribution is -2.36. The summed E-state index contributed by atoms with van der Waals surface area (Å²) in [5, 5.41) is 3.66. The van der Waals surface area contributed by atoms with Gasteiger partial charge in [-0.15, -0.1) is 0 Å². The highest BCUT2D eigenvalue weighted by Gasteiger charge is 2.15. The molecular formula is C15H21ClN2O2. The fourth-order valence-electron chi connectivity index (χ4n) is 2.39. The van der Waals surface area contributed by atoms with E-state index in [1.807, 2.05) is 11.0 Å². The molecule has 1 aliphatic heterocycles. The number of hydrogen-bond donors (Lipinski definition) is 1. The Hall–Kier alpha value is -1.42. The fraction of sp³-hybridized carbons (Fsp3) is 0.533. The van der Waals surface area contributed by atoms with Crippen LogP contribution in [-0.2, 0) is 4.79 Å². The Morgan fingerprint density at radius 1 is 1.30 bits per heavy atom. The van der Waals surface area contributed by atoms with Crippen molar-refractivity contribution in [3.63, 3.8) is 0 Å². The Balaban J connectivity index is 1.87. The molecule has 0 spiro atoms. The molecule has 0 saturated carbocycles. The van der Waals surface area contributed by atoms with E-state index in [4.69, 9.17) is 16.3 Å². The van der Waals surface area contributed by atoms with E-state index >= 15 is 0 Å². The van der Waals surface area contributed by atoms with Crippen LogP contribution in [0.25, 0.3) is 0 Å². The summed E-state index contributed by atoms with van der Waals surface area (Å²) in [6.45, 7) is 2.07. The number of benzene rings is 1. The molecule has 0 radical (unpaired) electrons. The second-order valence-electron chi connectivity index (χ2n) is 5.00. The zero-order chi connectivity index (χ0) is 14.4. The highest BCUT2D eigenvalue weighted by molar-refractivity contribution is 6.32. The lowest BCUT2D eigenvalue weighted by atomic mass is 10.2. The van der Waals surface area contributed by atoms with Gasteiger partial charge in [-0.25, -0.2) is 0 Å². The van der Waals surface area contributed by atoms with Gasteiger partial charge in [-0.1, -0.05) is 24.4 Å². The number of anilines is 1. The number of likely N-dealkylation sites (tertiary alicyclic amines) is 1. The third kappa shape index (κ3) is 4.04. The molecule has 20 heavy (non-hydrogen) atoms. The second kappa shape index (κ2) is 7.39. The molecule has 2 rings (SSSR count). The third-order valence-corrected chi connectivity index (χ3v) is 3.85. The van der Waals surface area contributed by atoms with Crippen LogP contribution in [0.2, 0.25) is 5.02 Å². The number of methoxy groups -OCH3 is 1. The van der Waals surface area contributed by atoms with E-state index in [0.717, 1.165) is 31.6 Å². The number of amides is 1. The fourth-order valence-corrected chi connectivity index (χ4v) is 2.64. The summed E-state index contributed by atoms with van der Waals surface area (Å²) < 4.78 is 5.10. The van der Waals surface area contributed by atoms with E-state index in [-0.39, 0.29) is 5.91 Å². The molecule has 1 saturated heterocycles. The molecule has 0 aliphatic carbocycles. The summed E-state index contributed by atoms with van der Waals surface area (Å²) in [7, 11) is 1.58. The van der Waals surface area contributed by atoms with Gasteiger partial charge in [-0.05, 0) is 31.0 Å². The van der Waals surface area contributed by atoms with Gasteiger partial charge in [0, 0.05) is 18.8 Å². The summed E-state index contributed by atoms with van der Waals surface area (Å²) in [5.74, 6) is 0.787. The van der Waals surface area contributed by atoms with E-state index in [9.17, 15) is 4.79 Å². The van der Waals surface area contributed by atoms with Crippen LogP contribution in [0.4, 0.5) is 5.69 Å². The molecule has 1 aromatic rings. The maximum atomic E-state index is 12.1. The van der Waals surface area contributed by atoms with Gasteiger partial charge < -0.3 is 15.0 Å². The third-order valence-electron chi connectivity index (χ3n) is 3.55. The average molecular weight is 297 g/mol. The number of rotatable bonds is 4. The molecule has 4 nitrogen and oxygen atoms in total. The summed E-state index contributed by atoms with van der Waals surface area (Å²) >= 11 is 6.05. The first-order valence-corrected chi connectivity index (χ1v) is 7.43. The first-order valence-electron chi connectivity index (χ1n) is 7.06. The maximum Gasteiger partial charge on any atom is 0.241 e. The van der Waals surface area contributed by atoms with E-state index in [1.165, 1.54) is 12.8 Å². The van der Waals surface area contributed by atoms with Gasteiger partial charge in [0.05, 0.1) is 18.7 Å². The molecule has 5 heteroatoms. The smallest absolute Gasteiger partial charge is 0.241 e. The quantitative estimate of drug-likeness (QED) is 0.928. The van der Waals surface area contributed by atoms with Crippen LogP contribution in [0.5, 0.6) is 5.75 Å². The Morgan fingerprint density at radius 2 is 2.00 bits per heavy atom. The van der Waals surface area contributed by atoms with Crippen LogP contribution in [0, 0.1) is 0 Å². The first kappa shape index (κ1) is 15.0. The van der Waals surface area contributed by atoms with Gasteiger partial charge in [0.15, 0.2) is 0 Å². The van der Waals surface area contributed by atoms with Crippen molar-refractivity contribution >= 4 is 23.2 Å². The van der Waals surface area contributed by atoms with Crippen molar-refractivity contribution in [2.75, 3.05) is 32.1 Å². The van der Waals surface area contributed by atoms with Gasteiger partial charge in [-0.2, -0.15) is 0 Å². The zero-order valence-electron chi connectivity index (χ0n) is 11.8. The molecule has 1 aliphatic rings. The van der Waals surface area contributed by atoms with Crippen LogP contribution >= 0.6 is 11.6 Å². The van der Waals surface area contributed by atoms with Crippen molar-refractivity contribution in [2.24, 2.45) is 0 Å². The summed E-state index contributed by atoms with van der Waals surface area (Å²) in [5.41, 5.74) is 0.832. The Kier molecular flexibility index (Phi) is 5.53. The van der Waals surface area contributed by atoms with E-state index in [2.05, 4.69) is 5.32 Å². The topological polar surface area (TPSA) is 41.6 Å². The Labute approximate surface area is 125 Å².